The summed E-state index contributed by atoms with van der Waals surface area (Å²) in [4.78, 5) is 14.1. The number of amides is 1. The number of anilines is 1. The number of halogens is 2. The lowest BCUT2D eigenvalue weighted by Crippen LogP contribution is -2.14. The maximum atomic E-state index is 13.2. The van der Waals surface area contributed by atoms with Crippen molar-refractivity contribution in [2.75, 3.05) is 5.32 Å². The first-order valence-electron chi connectivity index (χ1n) is 9.51. The highest BCUT2D eigenvalue weighted by Crippen LogP contribution is 2.33. The van der Waals surface area contributed by atoms with E-state index in [9.17, 15) is 9.18 Å². The highest BCUT2D eigenvalue weighted by Gasteiger charge is 2.23. The van der Waals surface area contributed by atoms with Crippen LogP contribution in [-0.2, 0) is 5.75 Å². The summed E-state index contributed by atoms with van der Waals surface area (Å²) in [6.45, 7) is 1.69. The molecule has 0 aliphatic rings. The molecule has 4 rings (SSSR count). The van der Waals surface area contributed by atoms with E-state index in [2.05, 4.69) is 10.5 Å². The van der Waals surface area contributed by atoms with E-state index in [1.807, 2.05) is 36.4 Å². The zero-order chi connectivity index (χ0) is 21.8. The van der Waals surface area contributed by atoms with Crippen molar-refractivity contribution in [3.63, 3.8) is 0 Å². The number of para-hydroxylation sites is 1. The predicted molar refractivity (Wildman–Crippen MR) is 122 cm³/mol. The summed E-state index contributed by atoms with van der Waals surface area (Å²) in [5.74, 6) is 0.455. The summed E-state index contributed by atoms with van der Waals surface area (Å²) in [5.41, 5.74) is 3.03. The number of nitrogens with one attached hydrogen (secondary N) is 1. The number of benzene rings is 3. The van der Waals surface area contributed by atoms with Crippen molar-refractivity contribution in [3.8, 4) is 11.3 Å². The molecule has 0 atom stereocenters. The van der Waals surface area contributed by atoms with Crippen LogP contribution in [0.4, 0.5) is 10.1 Å². The Balaban J connectivity index is 1.57. The number of aromatic nitrogens is 1. The normalized spacial score (nSPS) is 10.8. The summed E-state index contributed by atoms with van der Waals surface area (Å²) in [6, 6.07) is 21.1. The van der Waals surface area contributed by atoms with Gasteiger partial charge in [0.1, 0.15) is 22.8 Å². The van der Waals surface area contributed by atoms with Gasteiger partial charge in [0.2, 0.25) is 0 Å². The molecule has 1 aromatic heterocycles. The second-order valence-electron chi connectivity index (χ2n) is 6.81. The van der Waals surface area contributed by atoms with Gasteiger partial charge >= 0.3 is 0 Å². The first kappa shape index (κ1) is 21.2. The van der Waals surface area contributed by atoms with Gasteiger partial charge in [0, 0.05) is 16.2 Å². The maximum Gasteiger partial charge on any atom is 0.261 e. The number of hydrogen-bond acceptors (Lipinski definition) is 4. The van der Waals surface area contributed by atoms with E-state index >= 15 is 0 Å². The van der Waals surface area contributed by atoms with Gasteiger partial charge in [0.05, 0.1) is 10.7 Å². The minimum atomic E-state index is -0.330. The summed E-state index contributed by atoms with van der Waals surface area (Å²) in [5, 5.41) is 7.51. The Hall–Kier alpha value is -3.09. The fraction of sp³-hybridized carbons (Fsp3) is 0.0833. The van der Waals surface area contributed by atoms with E-state index in [0.29, 0.717) is 39.0 Å². The SMILES string of the molecule is Cc1onc(-c2ccccc2Cl)c1C(=O)Nc1ccccc1SCc1ccc(F)cc1. The minimum Gasteiger partial charge on any atom is -0.360 e. The summed E-state index contributed by atoms with van der Waals surface area (Å²) in [7, 11) is 0. The molecule has 7 heteroatoms. The number of rotatable bonds is 6. The third kappa shape index (κ3) is 4.81. The molecule has 0 saturated heterocycles. The van der Waals surface area contributed by atoms with E-state index in [4.69, 9.17) is 16.1 Å². The van der Waals surface area contributed by atoms with Gasteiger partial charge in [-0.2, -0.15) is 0 Å². The Morgan fingerprint density at radius 1 is 1.06 bits per heavy atom. The Kier molecular flexibility index (Phi) is 6.39. The molecule has 0 aliphatic heterocycles. The minimum absolute atomic E-state index is 0.264. The lowest BCUT2D eigenvalue weighted by atomic mass is 10.1. The first-order valence-corrected chi connectivity index (χ1v) is 10.9. The molecule has 1 heterocycles. The van der Waals surface area contributed by atoms with Crippen LogP contribution in [0, 0.1) is 12.7 Å². The van der Waals surface area contributed by atoms with Crippen molar-refractivity contribution < 1.29 is 13.7 Å². The molecule has 3 aromatic carbocycles. The van der Waals surface area contributed by atoms with Crippen LogP contribution >= 0.6 is 23.4 Å². The lowest BCUT2D eigenvalue weighted by Gasteiger charge is -2.11. The number of aryl methyl sites for hydroxylation is 1. The first-order chi connectivity index (χ1) is 15.0. The van der Waals surface area contributed by atoms with Gasteiger partial charge in [-0.1, -0.05) is 59.2 Å². The van der Waals surface area contributed by atoms with E-state index in [1.54, 1.807) is 43.0 Å². The van der Waals surface area contributed by atoms with Crippen LogP contribution in [0.3, 0.4) is 0 Å². The standard InChI is InChI=1S/C24H18ClFN2O2S/c1-15-22(23(28-30-15)18-6-2-3-7-19(18)25)24(29)27-20-8-4-5-9-21(20)31-14-16-10-12-17(26)13-11-16/h2-13H,14H2,1H3,(H,27,29). The van der Waals surface area contributed by atoms with Crippen molar-refractivity contribution in [3.05, 3.63) is 101 Å². The van der Waals surface area contributed by atoms with Crippen molar-refractivity contribution in [1.82, 2.24) is 5.16 Å². The van der Waals surface area contributed by atoms with Crippen molar-refractivity contribution >= 4 is 35.0 Å². The third-order valence-corrected chi connectivity index (χ3v) is 6.14. The fourth-order valence-corrected chi connectivity index (χ4v) is 4.29. The van der Waals surface area contributed by atoms with E-state index in [-0.39, 0.29) is 11.7 Å². The fourth-order valence-electron chi connectivity index (χ4n) is 3.10. The molecule has 4 aromatic rings. The summed E-state index contributed by atoms with van der Waals surface area (Å²) in [6.07, 6.45) is 0. The second-order valence-corrected chi connectivity index (χ2v) is 8.23. The Morgan fingerprint density at radius 2 is 1.77 bits per heavy atom. The Morgan fingerprint density at radius 3 is 2.55 bits per heavy atom. The van der Waals surface area contributed by atoms with Crippen molar-refractivity contribution in [1.29, 1.82) is 0 Å². The average Bonchev–Trinajstić information content (AvgIpc) is 3.16. The molecule has 31 heavy (non-hydrogen) atoms. The number of carbonyl (C=O) groups excluding carboxylic acids is 1. The molecule has 0 fully saturated rings. The number of carbonyl (C=O) groups is 1. The molecule has 0 spiro atoms. The van der Waals surface area contributed by atoms with E-state index in [1.165, 1.54) is 12.1 Å². The largest absolute Gasteiger partial charge is 0.360 e. The van der Waals surface area contributed by atoms with Gasteiger partial charge in [0.25, 0.3) is 5.91 Å². The van der Waals surface area contributed by atoms with Crippen LogP contribution in [0.1, 0.15) is 21.7 Å². The van der Waals surface area contributed by atoms with Gasteiger partial charge < -0.3 is 9.84 Å². The Labute approximate surface area is 188 Å². The maximum absolute atomic E-state index is 13.2. The number of thioether (sulfide) groups is 1. The molecular weight excluding hydrogens is 435 g/mol. The number of nitrogens with zero attached hydrogens (tertiary/aromatic N) is 1. The third-order valence-electron chi connectivity index (χ3n) is 4.66. The van der Waals surface area contributed by atoms with Crippen LogP contribution in [0.25, 0.3) is 11.3 Å². The zero-order valence-corrected chi connectivity index (χ0v) is 18.1. The van der Waals surface area contributed by atoms with Crippen molar-refractivity contribution in [2.24, 2.45) is 0 Å². The molecular formula is C24H18ClFN2O2S. The highest BCUT2D eigenvalue weighted by atomic mass is 35.5. The molecule has 1 N–H and O–H groups in total. The molecule has 0 unspecified atom stereocenters. The molecule has 0 saturated carbocycles. The van der Waals surface area contributed by atoms with Crippen LogP contribution in [-0.4, -0.2) is 11.1 Å². The summed E-state index contributed by atoms with van der Waals surface area (Å²) < 4.78 is 18.4. The highest BCUT2D eigenvalue weighted by molar-refractivity contribution is 7.98. The molecule has 0 aliphatic carbocycles. The molecule has 4 nitrogen and oxygen atoms in total. The van der Waals surface area contributed by atoms with Gasteiger partial charge in [-0.15, -0.1) is 11.8 Å². The summed E-state index contributed by atoms with van der Waals surface area (Å²) >= 11 is 7.85. The predicted octanol–water partition coefficient (Wildman–Crippen LogP) is 6.99. The van der Waals surface area contributed by atoms with Gasteiger partial charge in [-0.25, -0.2) is 4.39 Å². The van der Waals surface area contributed by atoms with Gasteiger partial charge in [-0.05, 0) is 42.8 Å². The monoisotopic (exact) mass is 452 g/mol. The van der Waals surface area contributed by atoms with Gasteiger partial charge in [-0.3, -0.25) is 4.79 Å². The van der Waals surface area contributed by atoms with Crippen molar-refractivity contribution in [2.45, 2.75) is 17.6 Å². The van der Waals surface area contributed by atoms with E-state index in [0.717, 1.165) is 10.5 Å². The van der Waals surface area contributed by atoms with Gasteiger partial charge in [0.15, 0.2) is 0 Å². The molecule has 0 radical (unpaired) electrons. The topological polar surface area (TPSA) is 55.1 Å². The smallest absolute Gasteiger partial charge is 0.261 e. The molecule has 0 bridgehead atoms. The van der Waals surface area contributed by atoms with Crippen LogP contribution in [0.2, 0.25) is 5.02 Å². The van der Waals surface area contributed by atoms with Crippen LogP contribution in [0.5, 0.6) is 0 Å². The quantitative estimate of drug-likeness (QED) is 0.320. The number of hydrogen-bond donors (Lipinski definition) is 1. The van der Waals surface area contributed by atoms with Crippen LogP contribution < -0.4 is 5.32 Å². The van der Waals surface area contributed by atoms with E-state index < -0.39 is 0 Å². The van der Waals surface area contributed by atoms with Crippen LogP contribution in [0.15, 0.2) is 82.2 Å². The average molecular weight is 453 g/mol. The molecule has 1 amide bonds. The molecule has 156 valence electrons. The second kappa shape index (κ2) is 9.37. The Bertz CT molecular complexity index is 1220. The lowest BCUT2D eigenvalue weighted by molar-refractivity contribution is 0.102. The zero-order valence-electron chi connectivity index (χ0n) is 16.6.